The highest BCUT2D eigenvalue weighted by Gasteiger charge is 2.35. The summed E-state index contributed by atoms with van der Waals surface area (Å²) in [5.41, 5.74) is 1.90. The number of carbonyl (C=O) groups excluding carboxylic acids is 1. The van der Waals surface area contributed by atoms with Crippen LogP contribution in [0.15, 0.2) is 24.3 Å². The van der Waals surface area contributed by atoms with E-state index in [1.165, 1.54) is 12.8 Å². The molecule has 3 rings (SSSR count). The fourth-order valence-corrected chi connectivity index (χ4v) is 2.96. The van der Waals surface area contributed by atoms with Crippen LogP contribution in [-0.2, 0) is 4.74 Å². The maximum Gasteiger partial charge on any atom is 0.192 e. The van der Waals surface area contributed by atoms with Crippen molar-refractivity contribution in [3.05, 3.63) is 35.4 Å². The number of hydrogen-bond acceptors (Lipinski definition) is 3. The first-order valence-corrected chi connectivity index (χ1v) is 6.70. The van der Waals surface area contributed by atoms with E-state index in [2.05, 4.69) is 4.90 Å². The van der Waals surface area contributed by atoms with Crippen molar-refractivity contribution in [1.82, 2.24) is 4.90 Å². The monoisotopic (exact) mass is 245 g/mol. The van der Waals surface area contributed by atoms with Gasteiger partial charge in [0.25, 0.3) is 0 Å². The van der Waals surface area contributed by atoms with Crippen LogP contribution >= 0.6 is 0 Å². The minimum absolute atomic E-state index is 0.129. The van der Waals surface area contributed by atoms with Crippen molar-refractivity contribution in [2.45, 2.75) is 31.9 Å². The molecule has 2 aliphatic rings. The molecule has 1 aromatic carbocycles. The van der Waals surface area contributed by atoms with Crippen molar-refractivity contribution in [1.29, 1.82) is 0 Å². The van der Waals surface area contributed by atoms with Crippen LogP contribution in [0, 0.1) is 6.92 Å². The van der Waals surface area contributed by atoms with Gasteiger partial charge in [-0.3, -0.25) is 9.69 Å². The number of carbonyl (C=O) groups is 1. The maximum absolute atomic E-state index is 12.4. The van der Waals surface area contributed by atoms with Crippen molar-refractivity contribution in [2.75, 3.05) is 19.7 Å². The van der Waals surface area contributed by atoms with E-state index in [9.17, 15) is 4.79 Å². The van der Waals surface area contributed by atoms with Gasteiger partial charge in [0.1, 0.15) is 6.10 Å². The Kier molecular flexibility index (Phi) is 3.18. The summed E-state index contributed by atoms with van der Waals surface area (Å²) in [6, 6.07) is 8.32. The lowest BCUT2D eigenvalue weighted by Gasteiger charge is -2.34. The Labute approximate surface area is 108 Å². The highest BCUT2D eigenvalue weighted by atomic mass is 16.5. The number of hydrogen-bond donors (Lipinski definition) is 0. The topological polar surface area (TPSA) is 29.5 Å². The summed E-state index contributed by atoms with van der Waals surface area (Å²) >= 11 is 0. The second-order valence-electron chi connectivity index (χ2n) is 5.35. The lowest BCUT2D eigenvalue weighted by Crippen LogP contribution is -2.49. The van der Waals surface area contributed by atoms with E-state index >= 15 is 0 Å². The van der Waals surface area contributed by atoms with Crippen LogP contribution in [0.1, 0.15) is 28.8 Å². The minimum Gasteiger partial charge on any atom is -0.367 e. The summed E-state index contributed by atoms with van der Waals surface area (Å²) in [5.74, 6) is 0.129. The van der Waals surface area contributed by atoms with Gasteiger partial charge in [0.05, 0.1) is 6.61 Å². The summed E-state index contributed by atoms with van der Waals surface area (Å²) in [4.78, 5) is 14.8. The third kappa shape index (κ3) is 2.20. The summed E-state index contributed by atoms with van der Waals surface area (Å²) in [6.07, 6.45) is 2.17. The fraction of sp³-hybridized carbons (Fsp3) is 0.533. The Morgan fingerprint density at radius 2 is 2.33 bits per heavy atom. The molecule has 2 fully saturated rings. The van der Waals surface area contributed by atoms with Crippen molar-refractivity contribution in [2.24, 2.45) is 0 Å². The molecule has 96 valence electrons. The van der Waals surface area contributed by atoms with E-state index in [1.807, 2.05) is 31.2 Å². The van der Waals surface area contributed by atoms with Crippen molar-refractivity contribution < 1.29 is 9.53 Å². The lowest BCUT2D eigenvalue weighted by molar-refractivity contribution is -0.0344. The number of rotatable bonds is 2. The van der Waals surface area contributed by atoms with Crippen LogP contribution in [0.3, 0.4) is 0 Å². The normalized spacial score (nSPS) is 28.1. The van der Waals surface area contributed by atoms with Crippen LogP contribution in [0.2, 0.25) is 0 Å². The zero-order chi connectivity index (χ0) is 12.5. The summed E-state index contributed by atoms with van der Waals surface area (Å²) in [6.45, 7) is 4.60. The van der Waals surface area contributed by atoms with E-state index in [-0.39, 0.29) is 11.9 Å². The van der Waals surface area contributed by atoms with Gasteiger partial charge < -0.3 is 4.74 Å². The maximum atomic E-state index is 12.4. The second kappa shape index (κ2) is 4.82. The van der Waals surface area contributed by atoms with Gasteiger partial charge in [-0.05, 0) is 32.4 Å². The van der Waals surface area contributed by atoms with Gasteiger partial charge in [-0.25, -0.2) is 0 Å². The van der Waals surface area contributed by atoms with E-state index in [1.54, 1.807) is 0 Å². The van der Waals surface area contributed by atoms with Crippen LogP contribution in [-0.4, -0.2) is 42.5 Å². The first kappa shape index (κ1) is 11.9. The fourth-order valence-electron chi connectivity index (χ4n) is 2.96. The molecule has 18 heavy (non-hydrogen) atoms. The van der Waals surface area contributed by atoms with Gasteiger partial charge in [-0.15, -0.1) is 0 Å². The predicted molar refractivity (Wildman–Crippen MR) is 69.8 cm³/mol. The van der Waals surface area contributed by atoms with Crippen molar-refractivity contribution >= 4 is 5.78 Å². The molecule has 1 aromatic rings. The zero-order valence-electron chi connectivity index (χ0n) is 10.8. The molecule has 3 nitrogen and oxygen atoms in total. The molecule has 0 aliphatic carbocycles. The van der Waals surface area contributed by atoms with Gasteiger partial charge in [0, 0.05) is 18.2 Å². The van der Waals surface area contributed by atoms with Crippen molar-refractivity contribution in [3.63, 3.8) is 0 Å². The number of ketones is 1. The van der Waals surface area contributed by atoms with Gasteiger partial charge in [-0.2, -0.15) is 0 Å². The Morgan fingerprint density at radius 3 is 3.17 bits per heavy atom. The predicted octanol–water partition coefficient (Wildman–Crippen LogP) is 2.04. The number of nitrogens with zero attached hydrogens (tertiary/aromatic N) is 1. The third-order valence-corrected chi connectivity index (χ3v) is 3.98. The number of morpholine rings is 1. The molecule has 0 radical (unpaired) electrons. The third-order valence-electron chi connectivity index (χ3n) is 3.98. The quantitative estimate of drug-likeness (QED) is 0.747. The molecule has 2 aliphatic heterocycles. The molecule has 2 saturated heterocycles. The van der Waals surface area contributed by atoms with E-state index in [4.69, 9.17) is 4.74 Å². The summed E-state index contributed by atoms with van der Waals surface area (Å²) in [7, 11) is 0. The minimum atomic E-state index is -0.277. The summed E-state index contributed by atoms with van der Waals surface area (Å²) in [5, 5.41) is 0. The molecule has 0 saturated carbocycles. The molecule has 2 heterocycles. The molecule has 2 atom stereocenters. The Bertz CT molecular complexity index is 458. The summed E-state index contributed by atoms with van der Waals surface area (Å²) < 4.78 is 5.76. The number of aryl methyl sites for hydroxylation is 1. The number of Topliss-reactive ketones (excluding diaryl/α,β-unsaturated/α-hetero) is 1. The molecular weight excluding hydrogens is 226 g/mol. The van der Waals surface area contributed by atoms with E-state index in [0.717, 1.165) is 24.2 Å². The average Bonchev–Trinajstić information content (AvgIpc) is 2.85. The SMILES string of the molecule is Cc1cccc(C(=O)C2CN3CCCC3CO2)c1. The molecule has 0 bridgehead atoms. The number of fused-ring (bicyclic) bond motifs is 1. The highest BCUT2D eigenvalue weighted by Crippen LogP contribution is 2.24. The Hall–Kier alpha value is -1.19. The van der Waals surface area contributed by atoms with Crippen LogP contribution in [0.25, 0.3) is 0 Å². The molecule has 0 N–H and O–H groups in total. The Morgan fingerprint density at radius 1 is 1.44 bits per heavy atom. The average molecular weight is 245 g/mol. The smallest absolute Gasteiger partial charge is 0.192 e. The highest BCUT2D eigenvalue weighted by molar-refractivity contribution is 5.99. The molecule has 2 unspecified atom stereocenters. The Balaban J connectivity index is 1.73. The largest absolute Gasteiger partial charge is 0.367 e. The van der Waals surface area contributed by atoms with Crippen molar-refractivity contribution in [3.8, 4) is 0 Å². The molecule has 0 spiro atoms. The van der Waals surface area contributed by atoms with Gasteiger partial charge in [-0.1, -0.05) is 23.8 Å². The first-order chi connectivity index (χ1) is 8.74. The number of ether oxygens (including phenoxy) is 1. The first-order valence-electron chi connectivity index (χ1n) is 6.70. The van der Waals surface area contributed by atoms with Gasteiger partial charge in [0.2, 0.25) is 0 Å². The zero-order valence-corrected chi connectivity index (χ0v) is 10.8. The number of benzene rings is 1. The molecule has 0 aromatic heterocycles. The molecule has 0 amide bonds. The molecular formula is C15H19NO2. The standard InChI is InChI=1S/C15H19NO2/c1-11-4-2-5-12(8-11)15(17)14-9-16-7-3-6-13(16)10-18-14/h2,4-5,8,13-14H,3,6-7,9-10H2,1H3. The van der Waals surface area contributed by atoms with E-state index in [0.29, 0.717) is 12.6 Å². The van der Waals surface area contributed by atoms with Crippen LogP contribution in [0.4, 0.5) is 0 Å². The lowest BCUT2D eigenvalue weighted by atomic mass is 10.0. The molecule has 3 heteroatoms. The van der Waals surface area contributed by atoms with Gasteiger partial charge >= 0.3 is 0 Å². The second-order valence-corrected chi connectivity index (χ2v) is 5.35. The van der Waals surface area contributed by atoms with Crippen LogP contribution < -0.4 is 0 Å². The van der Waals surface area contributed by atoms with Gasteiger partial charge in [0.15, 0.2) is 5.78 Å². The van der Waals surface area contributed by atoms with E-state index < -0.39 is 0 Å². The van der Waals surface area contributed by atoms with Crippen LogP contribution in [0.5, 0.6) is 0 Å².